The fourth-order valence-corrected chi connectivity index (χ4v) is 12.1. The Hall–Kier alpha value is -0.0400. The van der Waals surface area contributed by atoms with Crippen molar-refractivity contribution in [1.29, 1.82) is 0 Å². The van der Waals surface area contributed by atoms with Gasteiger partial charge in [-0.1, -0.05) is 54.9 Å². The predicted molar refractivity (Wildman–Crippen MR) is 129 cm³/mol. The fourth-order valence-electron chi connectivity index (χ4n) is 12.1. The Morgan fingerprint density at radius 2 is 1.35 bits per heavy atom. The molecule has 0 aromatic heterocycles. The average molecular weight is 427 g/mol. The molecule has 176 valence electrons. The zero-order valence-corrected chi connectivity index (χ0v) is 21.8. The largest absolute Gasteiger partial charge is 0.377 e. The second-order valence-electron chi connectivity index (χ2n) is 15.6. The molecule has 0 N–H and O–H groups in total. The monoisotopic (exact) mass is 426 g/mol. The zero-order chi connectivity index (χ0) is 22.1. The van der Waals surface area contributed by atoms with E-state index in [1.165, 1.54) is 70.6 Å². The van der Waals surface area contributed by atoms with E-state index >= 15 is 0 Å². The summed E-state index contributed by atoms with van der Waals surface area (Å²) in [5.41, 5.74) is 3.05. The van der Waals surface area contributed by atoms with Gasteiger partial charge in [0.15, 0.2) is 0 Å². The van der Waals surface area contributed by atoms with Crippen LogP contribution in [0.5, 0.6) is 0 Å². The van der Waals surface area contributed by atoms with E-state index in [0.717, 1.165) is 30.3 Å². The zero-order valence-electron chi connectivity index (χ0n) is 21.8. The minimum absolute atomic E-state index is 0.373. The van der Waals surface area contributed by atoms with Crippen LogP contribution in [0.1, 0.15) is 119 Å². The van der Waals surface area contributed by atoms with Gasteiger partial charge in [0.05, 0.1) is 12.7 Å². The van der Waals surface area contributed by atoms with Crippen LogP contribution in [0, 0.1) is 56.2 Å². The molecule has 31 heavy (non-hydrogen) atoms. The first-order valence-corrected chi connectivity index (χ1v) is 14.0. The Labute approximate surface area is 192 Å². The Balaban J connectivity index is 1.40. The lowest BCUT2D eigenvalue weighted by Gasteiger charge is -2.73. The average Bonchev–Trinajstić information content (AvgIpc) is 3.01. The molecule has 0 radical (unpaired) electrons. The highest BCUT2D eigenvalue weighted by Gasteiger charge is 2.72. The fraction of sp³-hybridized carbons (Fsp3) is 1.00. The van der Waals surface area contributed by atoms with E-state index in [1.54, 1.807) is 0 Å². The van der Waals surface area contributed by atoms with Crippen LogP contribution in [-0.2, 0) is 4.74 Å². The highest BCUT2D eigenvalue weighted by Crippen LogP contribution is 2.77. The lowest BCUT2D eigenvalue weighted by Crippen LogP contribution is -2.66. The highest BCUT2D eigenvalue weighted by atomic mass is 16.5. The number of hydrogen-bond donors (Lipinski definition) is 0. The van der Waals surface area contributed by atoms with Crippen LogP contribution in [-0.4, -0.2) is 12.7 Å². The molecule has 6 fully saturated rings. The Morgan fingerprint density at radius 1 is 0.613 bits per heavy atom. The van der Waals surface area contributed by atoms with Crippen molar-refractivity contribution in [1.82, 2.24) is 0 Å². The summed E-state index contributed by atoms with van der Waals surface area (Å²) in [4.78, 5) is 0. The molecule has 1 nitrogen and oxygen atoms in total. The van der Waals surface area contributed by atoms with Gasteiger partial charge in [0.25, 0.3) is 0 Å². The molecular formula is C30H50O. The van der Waals surface area contributed by atoms with Crippen LogP contribution >= 0.6 is 0 Å². The summed E-state index contributed by atoms with van der Waals surface area (Å²) in [6, 6.07) is 0. The van der Waals surface area contributed by atoms with E-state index in [4.69, 9.17) is 4.74 Å². The van der Waals surface area contributed by atoms with Gasteiger partial charge in [-0.2, -0.15) is 0 Å². The maximum absolute atomic E-state index is 6.73. The topological polar surface area (TPSA) is 9.23 Å². The van der Waals surface area contributed by atoms with E-state index in [0.29, 0.717) is 38.6 Å². The SMILES string of the molecule is CC1(C)CCCC2(C)C1CCC1(C)C2CCC2C3[C@H]4OCC3(CCC4(C)C)CC[C@]21C. The normalized spacial score (nSPS) is 59.1. The van der Waals surface area contributed by atoms with Crippen molar-refractivity contribution in [3.05, 3.63) is 0 Å². The third-order valence-corrected chi connectivity index (χ3v) is 13.9. The van der Waals surface area contributed by atoms with Gasteiger partial charge >= 0.3 is 0 Å². The molecule has 0 amide bonds. The second kappa shape index (κ2) is 6.14. The molecule has 2 bridgehead atoms. The van der Waals surface area contributed by atoms with Crippen LogP contribution in [0.4, 0.5) is 0 Å². The molecule has 1 aliphatic heterocycles. The van der Waals surface area contributed by atoms with Gasteiger partial charge in [0, 0.05) is 0 Å². The molecule has 1 heteroatoms. The number of rotatable bonds is 0. The maximum Gasteiger partial charge on any atom is 0.0663 e. The van der Waals surface area contributed by atoms with E-state index in [9.17, 15) is 0 Å². The molecule has 0 aromatic carbocycles. The molecule has 5 aliphatic carbocycles. The van der Waals surface area contributed by atoms with Gasteiger partial charge in [-0.25, -0.2) is 0 Å². The minimum Gasteiger partial charge on any atom is -0.377 e. The number of fused-ring (bicyclic) bond motifs is 5. The van der Waals surface area contributed by atoms with Gasteiger partial charge in [0.2, 0.25) is 0 Å². The lowest BCUT2D eigenvalue weighted by atomic mass is 9.31. The Morgan fingerprint density at radius 3 is 2.13 bits per heavy atom. The summed E-state index contributed by atoms with van der Waals surface area (Å²) in [6.45, 7) is 19.7. The summed E-state index contributed by atoms with van der Waals surface area (Å²) < 4.78 is 6.73. The third kappa shape index (κ3) is 2.44. The smallest absolute Gasteiger partial charge is 0.0663 e. The van der Waals surface area contributed by atoms with E-state index < -0.39 is 0 Å². The summed E-state index contributed by atoms with van der Waals surface area (Å²) in [7, 11) is 0. The van der Waals surface area contributed by atoms with Crippen molar-refractivity contribution in [2.45, 2.75) is 125 Å². The molecule has 0 aromatic rings. The second-order valence-corrected chi connectivity index (χ2v) is 15.6. The van der Waals surface area contributed by atoms with E-state index in [-0.39, 0.29) is 0 Å². The lowest BCUT2D eigenvalue weighted by molar-refractivity contribution is -0.242. The van der Waals surface area contributed by atoms with Crippen LogP contribution < -0.4 is 0 Å². The van der Waals surface area contributed by atoms with E-state index in [2.05, 4.69) is 48.5 Å². The van der Waals surface area contributed by atoms with E-state index in [1.807, 2.05) is 0 Å². The van der Waals surface area contributed by atoms with Crippen molar-refractivity contribution < 1.29 is 4.74 Å². The van der Waals surface area contributed by atoms with Crippen LogP contribution in [0.2, 0.25) is 0 Å². The summed E-state index contributed by atoms with van der Waals surface area (Å²) in [6.07, 6.45) is 16.6. The van der Waals surface area contributed by atoms with Crippen molar-refractivity contribution in [2.24, 2.45) is 56.2 Å². The predicted octanol–water partition coefficient (Wildman–Crippen LogP) is 8.27. The van der Waals surface area contributed by atoms with Crippen LogP contribution in [0.25, 0.3) is 0 Å². The van der Waals surface area contributed by atoms with Gasteiger partial charge in [-0.15, -0.1) is 0 Å². The maximum atomic E-state index is 6.73. The standard InChI is InChI=1S/C30H50O/c1-25(2)12-8-13-27(5)21(25)11-14-29(7)22(27)10-9-20-23-24-26(3,4)15-17-30(23,19-31-24)18-16-28(20,29)6/h20-24H,8-19H2,1-7H3/t20?,21?,22?,23?,24-,27?,28-,29?,30?/m1/s1. The third-order valence-electron chi connectivity index (χ3n) is 13.9. The molecule has 5 saturated carbocycles. The first-order valence-electron chi connectivity index (χ1n) is 14.0. The van der Waals surface area contributed by atoms with Crippen molar-refractivity contribution >= 4 is 0 Å². The summed E-state index contributed by atoms with van der Waals surface area (Å²) in [5.74, 6) is 3.60. The summed E-state index contributed by atoms with van der Waals surface area (Å²) >= 11 is 0. The Bertz CT molecular complexity index is 766. The molecule has 1 saturated heterocycles. The first kappa shape index (κ1) is 21.5. The van der Waals surface area contributed by atoms with Crippen molar-refractivity contribution in [3.63, 3.8) is 0 Å². The van der Waals surface area contributed by atoms with Crippen LogP contribution in [0.15, 0.2) is 0 Å². The molecule has 0 spiro atoms. The number of ether oxygens (including phenoxy) is 1. The quantitative estimate of drug-likeness (QED) is 0.379. The molecule has 7 unspecified atom stereocenters. The Kier molecular flexibility index (Phi) is 4.26. The first-order chi connectivity index (χ1) is 14.4. The molecule has 6 rings (SSSR count). The summed E-state index contributed by atoms with van der Waals surface area (Å²) in [5, 5.41) is 0. The van der Waals surface area contributed by atoms with Gasteiger partial charge in [-0.05, 0) is 120 Å². The van der Waals surface area contributed by atoms with Crippen LogP contribution in [0.3, 0.4) is 0 Å². The molecular weight excluding hydrogens is 376 g/mol. The van der Waals surface area contributed by atoms with Crippen molar-refractivity contribution in [2.75, 3.05) is 6.61 Å². The van der Waals surface area contributed by atoms with Gasteiger partial charge in [0.1, 0.15) is 0 Å². The van der Waals surface area contributed by atoms with Crippen molar-refractivity contribution in [3.8, 4) is 0 Å². The highest BCUT2D eigenvalue weighted by molar-refractivity contribution is 5.20. The molecule has 6 aliphatic rings. The molecule has 9 atom stereocenters. The minimum atomic E-state index is 0.373. The van der Waals surface area contributed by atoms with Gasteiger partial charge in [-0.3, -0.25) is 0 Å². The van der Waals surface area contributed by atoms with Gasteiger partial charge < -0.3 is 4.74 Å². The number of hydrogen-bond acceptors (Lipinski definition) is 1. The molecule has 1 heterocycles.